The molecule has 0 unspecified atom stereocenters. The van der Waals surface area contributed by atoms with Crippen molar-refractivity contribution in [2.75, 3.05) is 19.5 Å². The van der Waals surface area contributed by atoms with E-state index in [-0.39, 0.29) is 11.7 Å². The lowest BCUT2D eigenvalue weighted by Crippen LogP contribution is -2.14. The Bertz CT molecular complexity index is 431. The van der Waals surface area contributed by atoms with Crippen molar-refractivity contribution in [3.8, 4) is 5.75 Å². The Labute approximate surface area is 97.7 Å². The topological polar surface area (TPSA) is 47.9 Å². The van der Waals surface area contributed by atoms with Crippen LogP contribution < -0.4 is 4.74 Å². The molecule has 0 radical (unpaired) electrons. The molecule has 84 valence electrons. The summed E-state index contributed by atoms with van der Waals surface area (Å²) in [6, 6.07) is 7.56. The first-order chi connectivity index (χ1) is 7.79. The minimum Gasteiger partial charge on any atom is -0.484 e. The molecule has 16 heavy (non-hydrogen) atoms. The van der Waals surface area contributed by atoms with Crippen molar-refractivity contribution in [2.24, 2.45) is 4.99 Å². The summed E-state index contributed by atoms with van der Waals surface area (Å²) in [5, 5.41) is 0.795. The van der Waals surface area contributed by atoms with E-state index in [9.17, 15) is 4.79 Å². The standard InChI is InChI=1S/C11H11NO3S/c1-14-11(13)7-16-10-6-15-9-5-3-2-4-8(9)12-10/h2-5H,6-7H2,1H3. The third kappa shape index (κ3) is 2.55. The van der Waals surface area contributed by atoms with Crippen LogP contribution in [0.4, 0.5) is 5.69 Å². The van der Waals surface area contributed by atoms with Gasteiger partial charge in [0.05, 0.1) is 12.9 Å². The predicted molar refractivity (Wildman–Crippen MR) is 63.5 cm³/mol. The van der Waals surface area contributed by atoms with Gasteiger partial charge in [-0.25, -0.2) is 4.99 Å². The number of esters is 1. The summed E-state index contributed by atoms with van der Waals surface area (Å²) in [5.41, 5.74) is 0.807. The van der Waals surface area contributed by atoms with Gasteiger partial charge in [-0.05, 0) is 12.1 Å². The highest BCUT2D eigenvalue weighted by Crippen LogP contribution is 2.31. The van der Waals surface area contributed by atoms with Crippen LogP contribution >= 0.6 is 11.8 Å². The molecule has 5 heteroatoms. The van der Waals surface area contributed by atoms with Gasteiger partial charge in [0.2, 0.25) is 0 Å². The normalized spacial score (nSPS) is 13.4. The van der Waals surface area contributed by atoms with Gasteiger partial charge in [-0.1, -0.05) is 23.9 Å². The van der Waals surface area contributed by atoms with E-state index in [1.165, 1.54) is 18.9 Å². The van der Waals surface area contributed by atoms with Crippen molar-refractivity contribution in [1.29, 1.82) is 0 Å². The molecule has 1 aromatic carbocycles. The Morgan fingerprint density at radius 1 is 1.56 bits per heavy atom. The molecule has 0 aliphatic carbocycles. The number of hydrogen-bond donors (Lipinski definition) is 0. The molecule has 1 aromatic rings. The third-order valence-corrected chi connectivity index (χ3v) is 2.97. The van der Waals surface area contributed by atoms with Crippen LogP contribution in [-0.2, 0) is 9.53 Å². The SMILES string of the molecule is COC(=O)CSC1=Nc2ccccc2OC1. The highest BCUT2D eigenvalue weighted by molar-refractivity contribution is 8.14. The number of ether oxygens (including phenoxy) is 2. The molecule has 0 spiro atoms. The Morgan fingerprint density at radius 3 is 3.19 bits per heavy atom. The van der Waals surface area contributed by atoms with Gasteiger partial charge in [-0.15, -0.1) is 0 Å². The first-order valence-corrected chi connectivity index (χ1v) is 5.77. The van der Waals surface area contributed by atoms with Crippen molar-refractivity contribution in [1.82, 2.24) is 0 Å². The van der Waals surface area contributed by atoms with Crippen LogP contribution in [0.2, 0.25) is 0 Å². The number of methoxy groups -OCH3 is 1. The Morgan fingerprint density at radius 2 is 2.38 bits per heavy atom. The highest BCUT2D eigenvalue weighted by Gasteiger charge is 2.13. The van der Waals surface area contributed by atoms with Crippen LogP contribution in [0.5, 0.6) is 5.75 Å². The molecule has 0 fully saturated rings. The molecule has 0 saturated heterocycles. The Hall–Kier alpha value is -1.49. The van der Waals surface area contributed by atoms with Crippen LogP contribution in [0.25, 0.3) is 0 Å². The zero-order chi connectivity index (χ0) is 11.4. The summed E-state index contributed by atoms with van der Waals surface area (Å²) in [6.07, 6.45) is 0. The maximum Gasteiger partial charge on any atom is 0.316 e. The lowest BCUT2D eigenvalue weighted by molar-refractivity contribution is -0.137. The summed E-state index contributed by atoms with van der Waals surface area (Å²) in [7, 11) is 1.37. The smallest absolute Gasteiger partial charge is 0.316 e. The molecule has 0 amide bonds. The van der Waals surface area contributed by atoms with Crippen LogP contribution in [0.3, 0.4) is 0 Å². The summed E-state index contributed by atoms with van der Waals surface area (Å²) < 4.78 is 10.1. The van der Waals surface area contributed by atoms with Gasteiger partial charge in [0.25, 0.3) is 0 Å². The fourth-order valence-corrected chi connectivity index (χ4v) is 1.96. The second-order valence-electron chi connectivity index (χ2n) is 3.13. The van der Waals surface area contributed by atoms with Gasteiger partial charge in [0.1, 0.15) is 23.1 Å². The van der Waals surface area contributed by atoms with Crippen molar-refractivity contribution < 1.29 is 14.3 Å². The second-order valence-corrected chi connectivity index (χ2v) is 4.18. The molecular formula is C11H11NO3S. The van der Waals surface area contributed by atoms with Gasteiger partial charge < -0.3 is 9.47 Å². The number of benzene rings is 1. The van der Waals surface area contributed by atoms with Gasteiger partial charge in [-0.2, -0.15) is 0 Å². The van der Waals surface area contributed by atoms with E-state index in [1.54, 1.807) is 0 Å². The van der Waals surface area contributed by atoms with E-state index in [2.05, 4.69) is 9.73 Å². The Kier molecular flexibility index (Phi) is 3.46. The molecule has 0 atom stereocenters. The van der Waals surface area contributed by atoms with E-state index in [4.69, 9.17) is 4.74 Å². The summed E-state index contributed by atoms with van der Waals surface area (Å²) in [6.45, 7) is 0.415. The maximum absolute atomic E-state index is 11.0. The Balaban J connectivity index is 2.04. The average molecular weight is 237 g/mol. The monoisotopic (exact) mass is 237 g/mol. The molecule has 0 saturated carbocycles. The van der Waals surface area contributed by atoms with Gasteiger partial charge in [0.15, 0.2) is 0 Å². The summed E-state index contributed by atoms with van der Waals surface area (Å²) in [5.74, 6) is 0.789. The molecule has 0 N–H and O–H groups in total. The second kappa shape index (κ2) is 5.03. The average Bonchev–Trinajstić information content (AvgIpc) is 2.35. The van der Waals surface area contributed by atoms with E-state index in [0.29, 0.717) is 6.61 Å². The minimum atomic E-state index is -0.258. The maximum atomic E-state index is 11.0. The lowest BCUT2D eigenvalue weighted by atomic mass is 10.3. The van der Waals surface area contributed by atoms with Gasteiger partial charge >= 0.3 is 5.97 Å². The third-order valence-electron chi connectivity index (χ3n) is 2.05. The van der Waals surface area contributed by atoms with Crippen molar-refractivity contribution in [3.63, 3.8) is 0 Å². The van der Waals surface area contributed by atoms with E-state index in [0.717, 1.165) is 16.5 Å². The zero-order valence-electron chi connectivity index (χ0n) is 8.80. The van der Waals surface area contributed by atoms with Crippen LogP contribution in [-0.4, -0.2) is 30.5 Å². The van der Waals surface area contributed by atoms with Crippen LogP contribution in [0.1, 0.15) is 0 Å². The quantitative estimate of drug-likeness (QED) is 0.738. The van der Waals surface area contributed by atoms with E-state index < -0.39 is 0 Å². The van der Waals surface area contributed by atoms with Gasteiger partial charge in [-0.3, -0.25) is 4.79 Å². The first-order valence-electron chi connectivity index (χ1n) is 4.78. The van der Waals surface area contributed by atoms with Crippen LogP contribution in [0.15, 0.2) is 29.3 Å². The highest BCUT2D eigenvalue weighted by atomic mass is 32.2. The van der Waals surface area contributed by atoms with Crippen molar-refractivity contribution in [2.45, 2.75) is 0 Å². The lowest BCUT2D eigenvalue weighted by Gasteiger charge is -2.15. The number of rotatable bonds is 2. The number of aliphatic imine (C=N–C) groups is 1. The first kappa shape index (κ1) is 11.0. The zero-order valence-corrected chi connectivity index (χ0v) is 9.62. The molecule has 0 aromatic heterocycles. The number of carbonyl (C=O) groups is 1. The number of carbonyl (C=O) groups excluding carboxylic acids is 1. The summed E-state index contributed by atoms with van der Waals surface area (Å²) in [4.78, 5) is 15.4. The fraction of sp³-hybridized carbons (Fsp3) is 0.273. The van der Waals surface area contributed by atoms with E-state index >= 15 is 0 Å². The molecule has 4 nitrogen and oxygen atoms in total. The van der Waals surface area contributed by atoms with Gasteiger partial charge in [0, 0.05) is 0 Å². The number of fused-ring (bicyclic) bond motifs is 1. The van der Waals surface area contributed by atoms with Crippen molar-refractivity contribution in [3.05, 3.63) is 24.3 Å². The molecular weight excluding hydrogens is 226 g/mol. The fourth-order valence-electron chi connectivity index (χ4n) is 1.25. The molecule has 1 heterocycles. The molecule has 2 rings (SSSR count). The summed E-state index contributed by atoms with van der Waals surface area (Å²) >= 11 is 1.34. The predicted octanol–water partition coefficient (Wildman–Crippen LogP) is 2.02. The minimum absolute atomic E-state index is 0.258. The number of para-hydroxylation sites is 2. The number of hydrogen-bond acceptors (Lipinski definition) is 5. The molecule has 0 bridgehead atoms. The van der Waals surface area contributed by atoms with E-state index in [1.807, 2.05) is 24.3 Å². The molecule has 1 aliphatic rings. The number of thioether (sulfide) groups is 1. The van der Waals surface area contributed by atoms with Crippen LogP contribution in [0, 0.1) is 0 Å². The molecule has 1 aliphatic heterocycles. The largest absolute Gasteiger partial charge is 0.484 e. The van der Waals surface area contributed by atoms with Crippen molar-refractivity contribution >= 4 is 28.5 Å². The number of nitrogens with zero attached hydrogens (tertiary/aromatic N) is 1.